The lowest BCUT2D eigenvalue weighted by Crippen LogP contribution is -2.43. The maximum atomic E-state index is 13.5. The molecule has 1 saturated carbocycles. The lowest BCUT2D eigenvalue weighted by Gasteiger charge is -2.29. The van der Waals surface area contributed by atoms with Crippen molar-refractivity contribution in [3.63, 3.8) is 0 Å². The molecule has 1 aromatic heterocycles. The van der Waals surface area contributed by atoms with Crippen LogP contribution < -0.4 is 5.32 Å². The van der Waals surface area contributed by atoms with Gasteiger partial charge in [-0.3, -0.25) is 4.79 Å². The smallest absolute Gasteiger partial charge is 0.317 e. The van der Waals surface area contributed by atoms with Crippen LogP contribution in [0.25, 0.3) is 11.3 Å². The first kappa shape index (κ1) is 18.9. The summed E-state index contributed by atoms with van der Waals surface area (Å²) in [5, 5.41) is 2.82. The summed E-state index contributed by atoms with van der Waals surface area (Å²) in [5.74, 6) is 2.02. The van der Waals surface area contributed by atoms with E-state index < -0.39 is 0 Å². The summed E-state index contributed by atoms with van der Waals surface area (Å²) in [6.07, 6.45) is 8.27. The topological polar surface area (TPSA) is 78.7 Å². The lowest BCUT2D eigenvalue weighted by atomic mass is 9.93. The number of benzene rings is 1. The molecule has 1 aromatic carbocycles. The number of urea groups is 1. The van der Waals surface area contributed by atoms with Crippen molar-refractivity contribution in [3.8, 4) is 11.3 Å². The number of nitrogens with one attached hydrogen (secondary N) is 1. The van der Waals surface area contributed by atoms with Crippen molar-refractivity contribution in [1.82, 2.24) is 20.1 Å². The van der Waals surface area contributed by atoms with Crippen LogP contribution in [0.15, 0.2) is 53.3 Å². The molecule has 1 aliphatic heterocycles. The molecule has 5 rings (SSSR count). The number of fused-ring (bicyclic) bond motifs is 2. The van der Waals surface area contributed by atoms with E-state index in [0.717, 1.165) is 12.0 Å². The van der Waals surface area contributed by atoms with Gasteiger partial charge in [-0.2, -0.15) is 0 Å². The lowest BCUT2D eigenvalue weighted by molar-refractivity contribution is 0.0701. The molecular formula is C23H26N4O3. The van der Waals surface area contributed by atoms with Crippen LogP contribution in [0.4, 0.5) is 4.79 Å². The highest BCUT2D eigenvalue weighted by atomic mass is 16.3. The van der Waals surface area contributed by atoms with Gasteiger partial charge in [-0.15, -0.1) is 0 Å². The van der Waals surface area contributed by atoms with E-state index in [1.54, 1.807) is 4.90 Å². The van der Waals surface area contributed by atoms with E-state index in [1.165, 1.54) is 12.8 Å². The molecular weight excluding hydrogens is 380 g/mol. The van der Waals surface area contributed by atoms with Gasteiger partial charge in [-0.1, -0.05) is 42.5 Å². The van der Waals surface area contributed by atoms with Crippen LogP contribution in [0.5, 0.6) is 0 Å². The van der Waals surface area contributed by atoms with Crippen molar-refractivity contribution in [2.24, 2.45) is 17.8 Å². The number of amides is 3. The minimum Gasteiger partial charge on any atom is -0.443 e. The molecule has 1 saturated heterocycles. The molecule has 2 heterocycles. The van der Waals surface area contributed by atoms with Gasteiger partial charge in [0.1, 0.15) is 0 Å². The van der Waals surface area contributed by atoms with Crippen LogP contribution in [0.2, 0.25) is 0 Å². The Labute approximate surface area is 175 Å². The van der Waals surface area contributed by atoms with Crippen LogP contribution in [-0.2, 0) is 0 Å². The van der Waals surface area contributed by atoms with Gasteiger partial charge >= 0.3 is 6.03 Å². The van der Waals surface area contributed by atoms with Crippen molar-refractivity contribution in [3.05, 3.63) is 54.6 Å². The molecule has 2 bridgehead atoms. The third kappa shape index (κ3) is 3.60. The fraction of sp³-hybridized carbons (Fsp3) is 0.435. The summed E-state index contributed by atoms with van der Waals surface area (Å²) in [4.78, 5) is 33.4. The third-order valence-electron chi connectivity index (χ3n) is 6.55. The highest BCUT2D eigenvalue weighted by Gasteiger charge is 2.38. The molecule has 2 fully saturated rings. The second-order valence-corrected chi connectivity index (χ2v) is 8.41. The van der Waals surface area contributed by atoms with E-state index in [4.69, 9.17) is 4.42 Å². The monoisotopic (exact) mass is 406 g/mol. The fourth-order valence-corrected chi connectivity index (χ4v) is 4.97. The molecule has 156 valence electrons. The molecule has 7 heteroatoms. The number of oxazole rings is 1. The Bertz CT molecular complexity index is 954. The standard InChI is InChI=1S/C23H26N4O3/c28-22(20-21(30-15-25-20)17-4-2-1-3-5-17)27(11-10-26-9-8-24-23(26)29)14-19-13-16-6-7-18(19)12-16/h1-7,15-16,18-19H,8-14H2,(H,24,29). The zero-order chi connectivity index (χ0) is 20.5. The van der Waals surface area contributed by atoms with Gasteiger partial charge < -0.3 is 19.5 Å². The van der Waals surface area contributed by atoms with Crippen molar-refractivity contribution in [2.75, 3.05) is 32.7 Å². The van der Waals surface area contributed by atoms with Gasteiger partial charge in [0.25, 0.3) is 5.91 Å². The van der Waals surface area contributed by atoms with Gasteiger partial charge in [0.05, 0.1) is 0 Å². The van der Waals surface area contributed by atoms with Crippen LogP contribution in [0, 0.1) is 17.8 Å². The van der Waals surface area contributed by atoms with Gasteiger partial charge in [-0.25, -0.2) is 9.78 Å². The van der Waals surface area contributed by atoms with Gasteiger partial charge in [0.15, 0.2) is 17.8 Å². The number of aromatic nitrogens is 1. The Morgan fingerprint density at radius 2 is 2.10 bits per heavy atom. The molecule has 3 atom stereocenters. The van der Waals surface area contributed by atoms with Gasteiger partial charge in [0, 0.05) is 38.3 Å². The van der Waals surface area contributed by atoms with Crippen LogP contribution in [0.3, 0.4) is 0 Å². The Morgan fingerprint density at radius 3 is 2.80 bits per heavy atom. The maximum Gasteiger partial charge on any atom is 0.317 e. The second kappa shape index (κ2) is 7.97. The SMILES string of the molecule is O=C1NCCN1CCN(CC1CC2C=CC1C2)C(=O)c1ncoc1-c1ccccc1. The van der Waals surface area contributed by atoms with E-state index in [-0.39, 0.29) is 11.9 Å². The molecule has 7 nitrogen and oxygen atoms in total. The minimum absolute atomic E-state index is 0.0586. The fourth-order valence-electron chi connectivity index (χ4n) is 4.97. The Hall–Kier alpha value is -3.09. The van der Waals surface area contributed by atoms with E-state index in [1.807, 2.05) is 35.2 Å². The van der Waals surface area contributed by atoms with E-state index >= 15 is 0 Å². The predicted molar refractivity (Wildman–Crippen MR) is 112 cm³/mol. The molecule has 0 radical (unpaired) electrons. The number of carbonyl (C=O) groups excluding carboxylic acids is 2. The van der Waals surface area contributed by atoms with Crippen LogP contribution in [0.1, 0.15) is 23.3 Å². The first-order chi connectivity index (χ1) is 14.7. The molecule has 0 spiro atoms. The Balaban J connectivity index is 1.37. The van der Waals surface area contributed by atoms with E-state index in [9.17, 15) is 9.59 Å². The number of hydrogen-bond acceptors (Lipinski definition) is 4. The number of rotatable bonds is 7. The van der Waals surface area contributed by atoms with Crippen molar-refractivity contribution >= 4 is 11.9 Å². The minimum atomic E-state index is -0.131. The summed E-state index contributed by atoms with van der Waals surface area (Å²) in [5.41, 5.74) is 1.17. The molecule has 3 unspecified atom stereocenters. The van der Waals surface area contributed by atoms with Crippen LogP contribution in [-0.4, -0.2) is 59.4 Å². The highest BCUT2D eigenvalue weighted by molar-refractivity contribution is 5.97. The van der Waals surface area contributed by atoms with Gasteiger partial charge in [-0.05, 0) is 30.6 Å². The number of nitrogens with zero attached hydrogens (tertiary/aromatic N) is 3. The molecule has 30 heavy (non-hydrogen) atoms. The number of allylic oxidation sites excluding steroid dienone is 2. The van der Waals surface area contributed by atoms with Crippen molar-refractivity contribution < 1.29 is 14.0 Å². The quantitative estimate of drug-likeness (QED) is 0.717. The second-order valence-electron chi connectivity index (χ2n) is 8.41. The van der Waals surface area contributed by atoms with E-state index in [2.05, 4.69) is 22.5 Å². The summed E-state index contributed by atoms with van der Waals surface area (Å²) in [6.45, 7) is 3.03. The Kier molecular flexibility index (Phi) is 5.02. The Morgan fingerprint density at radius 1 is 1.23 bits per heavy atom. The summed E-state index contributed by atoms with van der Waals surface area (Å²) in [6, 6.07) is 9.52. The summed E-state index contributed by atoms with van der Waals surface area (Å²) < 4.78 is 5.59. The molecule has 1 N–H and O–H groups in total. The van der Waals surface area contributed by atoms with E-state index in [0.29, 0.717) is 61.9 Å². The average molecular weight is 406 g/mol. The first-order valence-corrected chi connectivity index (χ1v) is 10.7. The van der Waals surface area contributed by atoms with Crippen LogP contribution >= 0.6 is 0 Å². The maximum absolute atomic E-state index is 13.5. The molecule has 3 aliphatic rings. The number of carbonyl (C=O) groups is 2. The van der Waals surface area contributed by atoms with Crippen molar-refractivity contribution in [2.45, 2.75) is 12.8 Å². The van der Waals surface area contributed by atoms with Crippen molar-refractivity contribution in [1.29, 1.82) is 0 Å². The predicted octanol–water partition coefficient (Wildman–Crippen LogP) is 3.02. The zero-order valence-electron chi connectivity index (χ0n) is 16.9. The normalized spacial score (nSPS) is 24.5. The molecule has 2 aliphatic carbocycles. The highest BCUT2D eigenvalue weighted by Crippen LogP contribution is 2.43. The zero-order valence-corrected chi connectivity index (χ0v) is 16.9. The van der Waals surface area contributed by atoms with Gasteiger partial charge in [0.2, 0.25) is 0 Å². The first-order valence-electron chi connectivity index (χ1n) is 10.7. The molecule has 2 aromatic rings. The third-order valence-corrected chi connectivity index (χ3v) is 6.55. The molecule has 3 amide bonds. The summed E-state index contributed by atoms with van der Waals surface area (Å²) in [7, 11) is 0. The number of hydrogen-bond donors (Lipinski definition) is 1. The largest absolute Gasteiger partial charge is 0.443 e. The average Bonchev–Trinajstić information content (AvgIpc) is 3.56. The summed E-state index contributed by atoms with van der Waals surface area (Å²) >= 11 is 0.